The van der Waals surface area contributed by atoms with Crippen LogP contribution in [0, 0.1) is 5.92 Å². The molecule has 0 N–H and O–H groups in total. The number of unbranched alkanes of at least 4 members (excludes halogenated alkanes) is 1. The van der Waals surface area contributed by atoms with Gasteiger partial charge < -0.3 is 19.3 Å². The Bertz CT molecular complexity index is 754. The van der Waals surface area contributed by atoms with Gasteiger partial charge in [0, 0.05) is 32.5 Å². The third-order valence-electron chi connectivity index (χ3n) is 7.59. The van der Waals surface area contributed by atoms with Crippen LogP contribution >= 0.6 is 0 Å². The van der Waals surface area contributed by atoms with Gasteiger partial charge >= 0.3 is 12.2 Å². The molecule has 6 nitrogen and oxygen atoms in total. The van der Waals surface area contributed by atoms with Crippen molar-refractivity contribution >= 4 is 12.2 Å². The highest BCUT2D eigenvalue weighted by atomic mass is 16.6. The van der Waals surface area contributed by atoms with Crippen molar-refractivity contribution in [1.29, 1.82) is 0 Å². The summed E-state index contributed by atoms with van der Waals surface area (Å²) < 4.78 is 11.6. The first-order valence-electron chi connectivity index (χ1n) is 12.6. The lowest BCUT2D eigenvalue weighted by atomic mass is 9.81. The van der Waals surface area contributed by atoms with E-state index in [9.17, 15) is 9.59 Å². The summed E-state index contributed by atoms with van der Waals surface area (Å²) in [4.78, 5) is 29.4. The Kier molecular flexibility index (Phi) is 7.59. The Morgan fingerprint density at radius 3 is 2.53 bits per heavy atom. The lowest BCUT2D eigenvalue weighted by molar-refractivity contribution is -0.0239. The smallest absolute Gasteiger partial charge is 0.410 e. The van der Waals surface area contributed by atoms with Crippen molar-refractivity contribution in [3.05, 3.63) is 35.9 Å². The highest BCUT2D eigenvalue weighted by molar-refractivity contribution is 5.72. The van der Waals surface area contributed by atoms with E-state index in [-0.39, 0.29) is 24.8 Å². The van der Waals surface area contributed by atoms with Gasteiger partial charge in [0.05, 0.1) is 6.04 Å². The predicted molar refractivity (Wildman–Crippen MR) is 123 cm³/mol. The van der Waals surface area contributed by atoms with Crippen molar-refractivity contribution in [1.82, 2.24) is 9.80 Å². The number of carbonyl (C=O) groups excluding carboxylic acids is 2. The van der Waals surface area contributed by atoms with E-state index in [1.165, 1.54) is 32.1 Å². The fourth-order valence-corrected chi connectivity index (χ4v) is 5.69. The van der Waals surface area contributed by atoms with Gasteiger partial charge in [-0.05, 0) is 30.7 Å². The normalized spacial score (nSPS) is 23.4. The molecule has 0 bridgehead atoms. The summed E-state index contributed by atoms with van der Waals surface area (Å²) in [6.07, 6.45) is 10.4. The van der Waals surface area contributed by atoms with E-state index in [0.29, 0.717) is 31.8 Å². The monoisotopic (exact) mass is 442 g/mol. The Balaban J connectivity index is 1.36. The highest BCUT2D eigenvalue weighted by Gasteiger charge is 2.55. The van der Waals surface area contributed by atoms with Crippen LogP contribution in [-0.2, 0) is 16.1 Å². The Morgan fingerprint density at radius 1 is 1.12 bits per heavy atom. The first kappa shape index (κ1) is 22.9. The first-order valence-corrected chi connectivity index (χ1v) is 12.6. The van der Waals surface area contributed by atoms with Crippen LogP contribution in [0.2, 0.25) is 0 Å². The minimum Gasteiger partial charge on any atom is -0.445 e. The Labute approximate surface area is 192 Å². The van der Waals surface area contributed by atoms with Gasteiger partial charge in [-0.3, -0.25) is 0 Å². The van der Waals surface area contributed by atoms with Gasteiger partial charge in [0.2, 0.25) is 0 Å². The largest absolute Gasteiger partial charge is 0.445 e. The zero-order valence-corrected chi connectivity index (χ0v) is 19.5. The molecule has 3 aliphatic rings. The molecule has 2 aliphatic heterocycles. The number of piperidine rings is 1. The van der Waals surface area contributed by atoms with Crippen LogP contribution in [0.4, 0.5) is 9.59 Å². The molecule has 6 heteroatoms. The maximum Gasteiger partial charge on any atom is 0.410 e. The van der Waals surface area contributed by atoms with E-state index >= 15 is 0 Å². The highest BCUT2D eigenvalue weighted by Crippen LogP contribution is 2.42. The van der Waals surface area contributed by atoms with Crippen LogP contribution in [-0.4, -0.2) is 53.3 Å². The van der Waals surface area contributed by atoms with Gasteiger partial charge in [-0.1, -0.05) is 69.4 Å². The number of benzene rings is 1. The maximum absolute atomic E-state index is 13.0. The standard InChI is InChI=1S/C26H38N2O4/c1-2-3-14-23-26(32-25(30)28(23)19-21-10-6-4-7-11-21)15-17-27(18-16-26)24(29)31-20-22-12-8-5-9-13-22/h5,8-9,12-13,21,23H,2-4,6-7,10-11,14-20H2,1H3. The summed E-state index contributed by atoms with van der Waals surface area (Å²) in [5, 5.41) is 0. The predicted octanol–water partition coefficient (Wildman–Crippen LogP) is 5.75. The van der Waals surface area contributed by atoms with Crippen molar-refractivity contribution in [3.8, 4) is 0 Å². The lowest BCUT2D eigenvalue weighted by Gasteiger charge is -2.41. The lowest BCUT2D eigenvalue weighted by Crippen LogP contribution is -2.54. The Hall–Kier alpha value is -2.24. The quantitative estimate of drug-likeness (QED) is 0.539. The molecular formula is C26H38N2O4. The molecule has 3 fully saturated rings. The van der Waals surface area contributed by atoms with E-state index in [0.717, 1.165) is 31.4 Å². The third-order valence-corrected chi connectivity index (χ3v) is 7.59. The zero-order valence-electron chi connectivity index (χ0n) is 19.5. The zero-order chi connectivity index (χ0) is 22.4. The van der Waals surface area contributed by atoms with Crippen LogP contribution in [0.5, 0.6) is 0 Å². The fraction of sp³-hybridized carbons (Fsp3) is 0.692. The third kappa shape index (κ3) is 5.21. The molecule has 1 spiro atoms. The van der Waals surface area contributed by atoms with Crippen LogP contribution < -0.4 is 0 Å². The maximum atomic E-state index is 13.0. The van der Waals surface area contributed by atoms with E-state index < -0.39 is 5.60 Å². The van der Waals surface area contributed by atoms with Gasteiger partial charge in [-0.25, -0.2) is 9.59 Å². The number of hydrogen-bond acceptors (Lipinski definition) is 4. The van der Waals surface area contributed by atoms with Crippen molar-refractivity contribution in [3.63, 3.8) is 0 Å². The van der Waals surface area contributed by atoms with E-state index in [4.69, 9.17) is 9.47 Å². The minimum atomic E-state index is -0.461. The molecule has 1 aromatic carbocycles. The molecule has 1 unspecified atom stereocenters. The van der Waals surface area contributed by atoms with Gasteiger partial charge in [-0.15, -0.1) is 0 Å². The number of likely N-dealkylation sites (tertiary alicyclic amines) is 1. The minimum absolute atomic E-state index is 0.124. The summed E-state index contributed by atoms with van der Waals surface area (Å²) in [7, 11) is 0. The molecule has 0 radical (unpaired) electrons. The molecule has 1 atom stereocenters. The van der Waals surface area contributed by atoms with E-state index in [1.54, 1.807) is 4.90 Å². The summed E-state index contributed by atoms with van der Waals surface area (Å²) in [5.74, 6) is 0.601. The molecule has 0 aromatic heterocycles. The summed E-state index contributed by atoms with van der Waals surface area (Å²) in [5.41, 5.74) is 0.522. The second-order valence-electron chi connectivity index (χ2n) is 9.77. The van der Waals surface area contributed by atoms with E-state index in [2.05, 4.69) is 11.8 Å². The Morgan fingerprint density at radius 2 is 1.84 bits per heavy atom. The number of hydrogen-bond donors (Lipinski definition) is 0. The molecule has 1 aromatic rings. The molecule has 176 valence electrons. The number of carbonyl (C=O) groups is 2. The molecule has 1 aliphatic carbocycles. The SMILES string of the molecule is CCCCC1N(CC2CCCCC2)C(=O)OC12CCN(C(=O)OCc1ccccc1)CC2. The van der Waals surface area contributed by atoms with Crippen molar-refractivity contribution in [2.75, 3.05) is 19.6 Å². The van der Waals surface area contributed by atoms with Crippen molar-refractivity contribution in [2.24, 2.45) is 5.92 Å². The van der Waals surface area contributed by atoms with Crippen molar-refractivity contribution in [2.45, 2.75) is 89.4 Å². The fourth-order valence-electron chi connectivity index (χ4n) is 5.69. The molecule has 4 rings (SSSR count). The molecule has 2 heterocycles. The van der Waals surface area contributed by atoms with Crippen LogP contribution in [0.1, 0.15) is 76.7 Å². The summed E-state index contributed by atoms with van der Waals surface area (Å²) >= 11 is 0. The van der Waals surface area contributed by atoms with E-state index in [1.807, 2.05) is 30.3 Å². The van der Waals surface area contributed by atoms with Crippen LogP contribution in [0.3, 0.4) is 0 Å². The number of amides is 2. The van der Waals surface area contributed by atoms with Gasteiger partial charge in [-0.2, -0.15) is 0 Å². The molecule has 32 heavy (non-hydrogen) atoms. The van der Waals surface area contributed by atoms with Gasteiger partial charge in [0.25, 0.3) is 0 Å². The average Bonchev–Trinajstić information content (AvgIpc) is 3.07. The summed E-state index contributed by atoms with van der Waals surface area (Å²) in [6.45, 7) is 4.45. The van der Waals surface area contributed by atoms with Crippen LogP contribution in [0.25, 0.3) is 0 Å². The number of nitrogens with zero attached hydrogens (tertiary/aromatic N) is 2. The number of rotatable bonds is 7. The van der Waals surface area contributed by atoms with Gasteiger partial charge in [0.15, 0.2) is 0 Å². The summed E-state index contributed by atoms with van der Waals surface area (Å²) in [6, 6.07) is 9.87. The first-order chi connectivity index (χ1) is 15.6. The molecule has 1 saturated carbocycles. The average molecular weight is 443 g/mol. The van der Waals surface area contributed by atoms with Gasteiger partial charge in [0.1, 0.15) is 12.2 Å². The molecule has 2 amide bonds. The topological polar surface area (TPSA) is 59.1 Å². The second-order valence-corrected chi connectivity index (χ2v) is 9.77. The molecular weight excluding hydrogens is 404 g/mol. The van der Waals surface area contributed by atoms with Crippen LogP contribution in [0.15, 0.2) is 30.3 Å². The number of ether oxygens (including phenoxy) is 2. The van der Waals surface area contributed by atoms with Crippen molar-refractivity contribution < 1.29 is 19.1 Å². The molecule has 2 saturated heterocycles. The second kappa shape index (κ2) is 10.6.